The molecule has 1 atom stereocenters. The van der Waals surface area contributed by atoms with E-state index in [1.165, 1.54) is 69.2 Å². The van der Waals surface area contributed by atoms with Crippen molar-refractivity contribution in [3.63, 3.8) is 0 Å². The third-order valence-corrected chi connectivity index (χ3v) is 4.64. The maximum Gasteiger partial charge on any atom is 0.269 e. The molecule has 27 heavy (non-hydrogen) atoms. The Labute approximate surface area is 173 Å². The van der Waals surface area contributed by atoms with Crippen LogP contribution in [0.15, 0.2) is 24.3 Å². The van der Waals surface area contributed by atoms with E-state index in [0.29, 0.717) is 12.2 Å². The van der Waals surface area contributed by atoms with E-state index >= 15 is 0 Å². The van der Waals surface area contributed by atoms with Crippen LogP contribution in [0.5, 0.6) is 5.75 Å². The van der Waals surface area contributed by atoms with Gasteiger partial charge in [0.1, 0.15) is 5.75 Å². The number of rotatable bonds is 15. The molecule has 0 radical (unpaired) electrons. The molecule has 0 aliphatic carbocycles. The van der Waals surface area contributed by atoms with E-state index in [1.807, 2.05) is 0 Å². The standard InChI is InChI=1S/C20H30ClNO4.ClH/c1-2-3-4-5-6-7-8-9-10-11-12-19(20(21)23)26-18-15-13-17(14-16-18)22(24)25;/h13-16,19H,2-12H2,1H3;1H. The molecule has 0 heterocycles. The highest BCUT2D eigenvalue weighted by atomic mass is 35.5. The van der Waals surface area contributed by atoms with Crippen LogP contribution in [0.2, 0.25) is 0 Å². The average molecular weight is 420 g/mol. The van der Waals surface area contributed by atoms with E-state index < -0.39 is 16.3 Å². The van der Waals surface area contributed by atoms with Crippen molar-refractivity contribution in [1.29, 1.82) is 0 Å². The topological polar surface area (TPSA) is 69.4 Å². The van der Waals surface area contributed by atoms with Crippen LogP contribution in [0.25, 0.3) is 0 Å². The first kappa shape index (κ1) is 25.7. The number of hydrogen-bond acceptors (Lipinski definition) is 4. The quantitative estimate of drug-likeness (QED) is 0.135. The largest absolute Gasteiger partial charge is 0.481 e. The highest BCUT2D eigenvalue weighted by Crippen LogP contribution is 2.21. The number of benzene rings is 1. The van der Waals surface area contributed by atoms with E-state index in [2.05, 4.69) is 6.92 Å². The van der Waals surface area contributed by atoms with Crippen LogP contribution >= 0.6 is 24.0 Å². The molecule has 1 aromatic rings. The lowest BCUT2D eigenvalue weighted by Crippen LogP contribution is -2.23. The highest BCUT2D eigenvalue weighted by molar-refractivity contribution is 6.64. The van der Waals surface area contributed by atoms with E-state index in [1.54, 1.807) is 0 Å². The predicted molar refractivity (Wildman–Crippen MR) is 112 cm³/mol. The summed E-state index contributed by atoms with van der Waals surface area (Å²) in [4.78, 5) is 21.7. The number of ether oxygens (including phenoxy) is 1. The molecular formula is C20H31Cl2NO4. The predicted octanol–water partition coefficient (Wildman–Crippen LogP) is 6.84. The molecule has 0 amide bonds. The van der Waals surface area contributed by atoms with E-state index in [-0.39, 0.29) is 18.1 Å². The first-order chi connectivity index (χ1) is 12.5. The Kier molecular flexibility index (Phi) is 14.9. The fourth-order valence-corrected chi connectivity index (χ4v) is 3.00. The summed E-state index contributed by atoms with van der Waals surface area (Å²) in [5.74, 6) is 0.418. The van der Waals surface area contributed by atoms with Gasteiger partial charge in [0.15, 0.2) is 6.10 Å². The SMILES string of the molecule is CCCCCCCCCCCCC(Oc1ccc([N+](=O)[O-])cc1)C(=O)Cl.Cl. The molecule has 0 aliphatic heterocycles. The van der Waals surface area contributed by atoms with Crippen molar-refractivity contribution < 1.29 is 14.5 Å². The number of carbonyl (C=O) groups is 1. The summed E-state index contributed by atoms with van der Waals surface area (Å²) in [7, 11) is 0. The van der Waals surface area contributed by atoms with Crippen LogP contribution in [-0.2, 0) is 4.79 Å². The van der Waals surface area contributed by atoms with Crippen molar-refractivity contribution in [2.45, 2.75) is 83.7 Å². The number of nitro groups is 1. The van der Waals surface area contributed by atoms with Gasteiger partial charge in [-0.2, -0.15) is 0 Å². The van der Waals surface area contributed by atoms with Crippen molar-refractivity contribution >= 4 is 34.9 Å². The van der Waals surface area contributed by atoms with Crippen molar-refractivity contribution in [1.82, 2.24) is 0 Å². The Morgan fingerprint density at radius 2 is 1.48 bits per heavy atom. The lowest BCUT2D eigenvalue weighted by Gasteiger charge is -2.15. The van der Waals surface area contributed by atoms with Gasteiger partial charge in [-0.25, -0.2) is 0 Å². The minimum Gasteiger partial charge on any atom is -0.481 e. The van der Waals surface area contributed by atoms with E-state index in [9.17, 15) is 14.9 Å². The molecule has 5 nitrogen and oxygen atoms in total. The van der Waals surface area contributed by atoms with Gasteiger partial charge in [-0.15, -0.1) is 12.4 Å². The van der Waals surface area contributed by atoms with Crippen molar-refractivity contribution in [2.75, 3.05) is 0 Å². The smallest absolute Gasteiger partial charge is 0.269 e. The molecule has 0 fully saturated rings. The van der Waals surface area contributed by atoms with Crippen LogP contribution in [0.1, 0.15) is 77.6 Å². The summed E-state index contributed by atoms with van der Waals surface area (Å²) in [6.45, 7) is 2.23. The maximum atomic E-state index is 11.5. The molecule has 0 saturated carbocycles. The zero-order valence-electron chi connectivity index (χ0n) is 16.0. The third kappa shape index (κ3) is 11.9. The second-order valence-corrected chi connectivity index (χ2v) is 7.00. The molecule has 0 bridgehead atoms. The number of hydrogen-bond donors (Lipinski definition) is 0. The Bertz CT molecular complexity index is 537. The lowest BCUT2D eigenvalue weighted by molar-refractivity contribution is -0.384. The number of nitrogens with zero attached hydrogens (tertiary/aromatic N) is 1. The van der Waals surface area contributed by atoms with Gasteiger partial charge in [0.05, 0.1) is 4.92 Å². The molecule has 0 saturated heterocycles. The van der Waals surface area contributed by atoms with Gasteiger partial charge < -0.3 is 4.74 Å². The van der Waals surface area contributed by atoms with E-state index in [4.69, 9.17) is 16.3 Å². The third-order valence-electron chi connectivity index (χ3n) is 4.40. The number of unbranched alkanes of at least 4 members (excludes halogenated alkanes) is 9. The monoisotopic (exact) mass is 419 g/mol. The molecule has 0 aromatic heterocycles. The molecule has 1 aromatic carbocycles. The summed E-state index contributed by atoms with van der Waals surface area (Å²) in [6.07, 6.45) is 12.1. The van der Waals surface area contributed by atoms with Crippen LogP contribution < -0.4 is 4.74 Å². The Morgan fingerprint density at radius 1 is 1.00 bits per heavy atom. The lowest BCUT2D eigenvalue weighted by atomic mass is 10.0. The summed E-state index contributed by atoms with van der Waals surface area (Å²) >= 11 is 5.63. The molecular weight excluding hydrogens is 389 g/mol. The second-order valence-electron chi connectivity index (χ2n) is 6.63. The van der Waals surface area contributed by atoms with Gasteiger partial charge in [0.25, 0.3) is 10.9 Å². The van der Waals surface area contributed by atoms with Crippen LogP contribution in [0.3, 0.4) is 0 Å². The molecule has 1 unspecified atom stereocenters. The Morgan fingerprint density at radius 3 is 1.93 bits per heavy atom. The van der Waals surface area contributed by atoms with Gasteiger partial charge in [-0.05, 0) is 36.6 Å². The van der Waals surface area contributed by atoms with Gasteiger partial charge >= 0.3 is 0 Å². The van der Waals surface area contributed by atoms with Crippen molar-refractivity contribution in [3.05, 3.63) is 34.4 Å². The summed E-state index contributed by atoms with van der Waals surface area (Å²) < 4.78 is 5.59. The first-order valence-corrected chi connectivity index (χ1v) is 10.0. The zero-order valence-corrected chi connectivity index (χ0v) is 17.6. The van der Waals surface area contributed by atoms with Crippen LogP contribution in [0.4, 0.5) is 5.69 Å². The Balaban J connectivity index is 0.00000676. The number of nitro benzene ring substituents is 1. The van der Waals surface area contributed by atoms with Crippen molar-refractivity contribution in [3.8, 4) is 5.75 Å². The summed E-state index contributed by atoms with van der Waals surface area (Å²) in [6, 6.07) is 5.68. The van der Waals surface area contributed by atoms with Crippen LogP contribution in [0, 0.1) is 10.1 Å². The molecule has 0 spiro atoms. The summed E-state index contributed by atoms with van der Waals surface area (Å²) in [5, 5.41) is 10.1. The molecule has 0 N–H and O–H groups in total. The summed E-state index contributed by atoms with van der Waals surface area (Å²) in [5.41, 5.74) is -0.0132. The van der Waals surface area contributed by atoms with Crippen molar-refractivity contribution in [2.24, 2.45) is 0 Å². The van der Waals surface area contributed by atoms with Gasteiger partial charge in [0.2, 0.25) is 0 Å². The molecule has 154 valence electrons. The van der Waals surface area contributed by atoms with Gasteiger partial charge in [-0.1, -0.05) is 64.7 Å². The fourth-order valence-electron chi connectivity index (χ4n) is 2.85. The highest BCUT2D eigenvalue weighted by Gasteiger charge is 2.18. The Hall–Kier alpha value is -1.33. The van der Waals surface area contributed by atoms with Gasteiger partial charge in [-0.3, -0.25) is 14.9 Å². The number of carbonyl (C=O) groups excluding carboxylic acids is 1. The van der Waals surface area contributed by atoms with Crippen LogP contribution in [-0.4, -0.2) is 16.3 Å². The minimum absolute atomic E-state index is 0. The maximum absolute atomic E-state index is 11.5. The molecule has 1 rings (SSSR count). The van der Waals surface area contributed by atoms with E-state index in [0.717, 1.165) is 19.3 Å². The number of halogens is 2. The normalized spacial score (nSPS) is 11.5. The average Bonchev–Trinajstić information content (AvgIpc) is 2.62. The first-order valence-electron chi connectivity index (χ1n) is 9.65. The fraction of sp³-hybridized carbons (Fsp3) is 0.650. The minimum atomic E-state index is -0.702. The number of non-ortho nitro benzene ring substituents is 1. The second kappa shape index (κ2) is 15.7. The zero-order chi connectivity index (χ0) is 19.2. The molecule has 0 aliphatic rings. The molecule has 7 heteroatoms. The van der Waals surface area contributed by atoms with Gasteiger partial charge in [0, 0.05) is 12.1 Å².